The summed E-state index contributed by atoms with van der Waals surface area (Å²) in [6, 6.07) is 0. The molecule has 2 aliphatic heterocycles. The summed E-state index contributed by atoms with van der Waals surface area (Å²) >= 11 is 0. The standard InChI is InChI=1S/C32H60N2O7/c1-24(35)19-28(37)22-30-23-29(20-25(2)36)40-32(41-30)14-8-12-18-34-16-10-6-5-9-15-33-17-11-7-13-31-38-26(3)21-27(4)39-31/h15-16,24-32,35-37H,5-14,17-23H2,1-4H3. The third-order valence-corrected chi connectivity index (χ3v) is 7.53. The van der Waals surface area contributed by atoms with E-state index in [1.165, 1.54) is 0 Å². The molecule has 0 aromatic carbocycles. The molecule has 0 radical (unpaired) electrons. The Balaban J connectivity index is 1.46. The number of nitrogens with zero attached hydrogens (tertiary/aromatic N) is 2. The van der Waals surface area contributed by atoms with Gasteiger partial charge >= 0.3 is 0 Å². The fraction of sp³-hybridized carbons (Fsp3) is 0.938. The lowest BCUT2D eigenvalue weighted by Gasteiger charge is -2.37. The minimum Gasteiger partial charge on any atom is -0.393 e. The monoisotopic (exact) mass is 584 g/mol. The Morgan fingerprint density at radius 3 is 1.68 bits per heavy atom. The van der Waals surface area contributed by atoms with Crippen LogP contribution in [-0.4, -0.2) is 96.1 Å². The molecule has 3 N–H and O–H groups in total. The summed E-state index contributed by atoms with van der Waals surface area (Å²) in [6.45, 7) is 9.37. The minimum atomic E-state index is -0.603. The van der Waals surface area contributed by atoms with Crippen LogP contribution in [-0.2, 0) is 18.9 Å². The average molecular weight is 585 g/mol. The maximum atomic E-state index is 10.2. The van der Waals surface area contributed by atoms with E-state index in [1.807, 2.05) is 6.21 Å². The van der Waals surface area contributed by atoms with E-state index in [0.717, 1.165) is 83.7 Å². The Hall–Kier alpha value is -0.940. The van der Waals surface area contributed by atoms with Crippen LogP contribution in [0.4, 0.5) is 0 Å². The van der Waals surface area contributed by atoms with Crippen LogP contribution in [0.3, 0.4) is 0 Å². The topological polar surface area (TPSA) is 122 Å². The van der Waals surface area contributed by atoms with E-state index in [4.69, 9.17) is 18.9 Å². The van der Waals surface area contributed by atoms with Crippen molar-refractivity contribution in [3.05, 3.63) is 0 Å². The Labute approximate surface area is 249 Å². The lowest BCUT2D eigenvalue weighted by molar-refractivity contribution is -0.253. The first kappa shape index (κ1) is 36.3. The molecule has 9 nitrogen and oxygen atoms in total. The average Bonchev–Trinajstić information content (AvgIpc) is 2.87. The molecule has 2 aliphatic rings. The number of ether oxygens (including phenoxy) is 4. The van der Waals surface area contributed by atoms with Gasteiger partial charge in [0.05, 0.1) is 42.7 Å². The first-order valence-electron chi connectivity index (χ1n) is 16.3. The number of hydrogen-bond donors (Lipinski definition) is 3. The molecule has 0 aliphatic carbocycles. The van der Waals surface area contributed by atoms with Crippen molar-refractivity contribution in [1.29, 1.82) is 0 Å². The van der Waals surface area contributed by atoms with Crippen LogP contribution in [0.1, 0.15) is 124 Å². The van der Waals surface area contributed by atoms with E-state index in [9.17, 15) is 15.3 Å². The lowest BCUT2D eigenvalue weighted by atomic mass is 9.98. The van der Waals surface area contributed by atoms with Gasteiger partial charge in [0, 0.05) is 19.5 Å². The largest absolute Gasteiger partial charge is 0.393 e. The summed E-state index contributed by atoms with van der Waals surface area (Å²) in [5.74, 6) is 0. The molecule has 8 unspecified atom stereocenters. The number of unbranched alkanes of at least 4 members (excludes halogenated alkanes) is 5. The molecule has 0 saturated carbocycles. The SMILES string of the molecule is CC(O)CC(O)CC1CC(CC(C)O)OC(CCCCN=CCCCCC=NCCCCC2OC(C)CC(C)O2)O1. The van der Waals surface area contributed by atoms with Crippen molar-refractivity contribution in [1.82, 2.24) is 0 Å². The summed E-state index contributed by atoms with van der Waals surface area (Å²) in [7, 11) is 0. The van der Waals surface area contributed by atoms with Crippen molar-refractivity contribution in [2.75, 3.05) is 13.1 Å². The van der Waals surface area contributed by atoms with E-state index in [1.54, 1.807) is 13.8 Å². The van der Waals surface area contributed by atoms with Crippen LogP contribution >= 0.6 is 0 Å². The summed E-state index contributed by atoms with van der Waals surface area (Å²) in [4.78, 5) is 9.10. The van der Waals surface area contributed by atoms with Gasteiger partial charge in [-0.25, -0.2) is 0 Å². The maximum absolute atomic E-state index is 10.2. The molecule has 2 heterocycles. The van der Waals surface area contributed by atoms with Gasteiger partial charge in [-0.2, -0.15) is 0 Å². The Morgan fingerprint density at radius 2 is 1.17 bits per heavy atom. The second kappa shape index (κ2) is 21.7. The molecule has 8 atom stereocenters. The van der Waals surface area contributed by atoms with Crippen molar-refractivity contribution in [2.24, 2.45) is 9.98 Å². The number of aliphatic hydroxyl groups is 3. The molecule has 9 heteroatoms. The molecule has 0 aromatic heterocycles. The summed E-state index contributed by atoms with van der Waals surface area (Å²) < 4.78 is 23.8. The van der Waals surface area contributed by atoms with Crippen LogP contribution in [0, 0.1) is 0 Å². The van der Waals surface area contributed by atoms with E-state index >= 15 is 0 Å². The van der Waals surface area contributed by atoms with Gasteiger partial charge in [0.2, 0.25) is 0 Å². The Bertz CT molecular complexity index is 694. The highest BCUT2D eigenvalue weighted by Gasteiger charge is 2.32. The zero-order valence-corrected chi connectivity index (χ0v) is 26.2. The molecule has 0 spiro atoms. The lowest BCUT2D eigenvalue weighted by Crippen LogP contribution is -2.41. The van der Waals surface area contributed by atoms with Gasteiger partial charge in [-0.1, -0.05) is 0 Å². The van der Waals surface area contributed by atoms with Gasteiger partial charge in [-0.15, -0.1) is 0 Å². The number of rotatable bonds is 21. The zero-order valence-electron chi connectivity index (χ0n) is 26.2. The Morgan fingerprint density at radius 1 is 0.659 bits per heavy atom. The molecule has 0 aromatic rings. The number of hydrogen-bond acceptors (Lipinski definition) is 9. The summed E-state index contributed by atoms with van der Waals surface area (Å²) in [5.41, 5.74) is 0. The minimum absolute atomic E-state index is 0.0468. The van der Waals surface area contributed by atoms with Crippen molar-refractivity contribution in [3.8, 4) is 0 Å². The molecule has 0 bridgehead atoms. The van der Waals surface area contributed by atoms with Gasteiger partial charge in [0.25, 0.3) is 0 Å². The van der Waals surface area contributed by atoms with Gasteiger partial charge < -0.3 is 34.3 Å². The second-order valence-corrected chi connectivity index (χ2v) is 12.3. The van der Waals surface area contributed by atoms with Crippen molar-refractivity contribution >= 4 is 12.4 Å². The second-order valence-electron chi connectivity index (χ2n) is 12.3. The molecule has 2 saturated heterocycles. The van der Waals surface area contributed by atoms with Crippen LogP contribution in [0.5, 0.6) is 0 Å². The maximum Gasteiger partial charge on any atom is 0.158 e. The van der Waals surface area contributed by atoms with Crippen molar-refractivity contribution < 1.29 is 34.3 Å². The van der Waals surface area contributed by atoms with Crippen molar-refractivity contribution in [3.63, 3.8) is 0 Å². The fourth-order valence-electron chi connectivity index (χ4n) is 5.61. The van der Waals surface area contributed by atoms with Crippen LogP contribution in [0.2, 0.25) is 0 Å². The summed E-state index contributed by atoms with van der Waals surface area (Å²) in [6.07, 6.45) is 15.6. The predicted molar refractivity (Wildman–Crippen MR) is 164 cm³/mol. The first-order valence-corrected chi connectivity index (χ1v) is 16.3. The molecule has 2 rings (SSSR count). The van der Waals surface area contributed by atoms with Crippen LogP contribution < -0.4 is 0 Å². The normalized spacial score (nSPS) is 29.7. The van der Waals surface area contributed by atoms with E-state index < -0.39 is 18.3 Å². The highest BCUT2D eigenvalue weighted by molar-refractivity contribution is 5.58. The number of aliphatic hydroxyl groups excluding tert-OH is 3. The molecule has 0 amide bonds. The molecule has 41 heavy (non-hydrogen) atoms. The first-order chi connectivity index (χ1) is 19.7. The fourth-order valence-corrected chi connectivity index (χ4v) is 5.61. The predicted octanol–water partition coefficient (Wildman–Crippen LogP) is 5.36. The van der Waals surface area contributed by atoms with Crippen molar-refractivity contribution in [2.45, 2.75) is 179 Å². The molecular weight excluding hydrogens is 524 g/mol. The smallest absolute Gasteiger partial charge is 0.158 e. The molecule has 2 fully saturated rings. The van der Waals surface area contributed by atoms with Gasteiger partial charge in [-0.3, -0.25) is 9.98 Å². The highest BCUT2D eigenvalue weighted by Crippen LogP contribution is 2.28. The van der Waals surface area contributed by atoms with E-state index in [0.29, 0.717) is 37.9 Å². The zero-order chi connectivity index (χ0) is 29.9. The highest BCUT2D eigenvalue weighted by atomic mass is 16.7. The summed E-state index contributed by atoms with van der Waals surface area (Å²) in [5, 5.41) is 29.6. The number of aliphatic imine (C=N–C) groups is 2. The third-order valence-electron chi connectivity index (χ3n) is 7.53. The quantitative estimate of drug-likeness (QED) is 0.123. The molecular formula is C32H60N2O7. The van der Waals surface area contributed by atoms with E-state index in [-0.39, 0.29) is 24.8 Å². The van der Waals surface area contributed by atoms with E-state index in [2.05, 4.69) is 30.0 Å². The Kier molecular flexibility index (Phi) is 19.2. The van der Waals surface area contributed by atoms with Gasteiger partial charge in [0.15, 0.2) is 12.6 Å². The van der Waals surface area contributed by atoms with Gasteiger partial charge in [0.1, 0.15) is 0 Å². The van der Waals surface area contributed by atoms with Crippen LogP contribution in [0.25, 0.3) is 0 Å². The van der Waals surface area contributed by atoms with Crippen LogP contribution in [0.15, 0.2) is 9.98 Å². The third kappa shape index (κ3) is 18.4. The van der Waals surface area contributed by atoms with Gasteiger partial charge in [-0.05, 0) is 130 Å². The molecule has 240 valence electrons.